The molecule has 0 radical (unpaired) electrons. The molecule has 0 saturated carbocycles. The van der Waals surface area contributed by atoms with Crippen LogP contribution in [0.4, 0.5) is 5.69 Å². The van der Waals surface area contributed by atoms with E-state index in [9.17, 15) is 0 Å². The average molecular weight is 398 g/mol. The number of piperidine rings is 1. The molecule has 1 aromatic heterocycles. The predicted molar refractivity (Wildman–Crippen MR) is 125 cm³/mol. The molecular formula is C27H31N3. The summed E-state index contributed by atoms with van der Waals surface area (Å²) in [5.74, 6) is 0.818. The minimum absolute atomic E-state index is 0.818. The van der Waals surface area contributed by atoms with Gasteiger partial charge in [0, 0.05) is 28.9 Å². The van der Waals surface area contributed by atoms with Crippen LogP contribution in [-0.2, 0) is 19.4 Å². The number of allylic oxidation sites excluding steroid dienone is 2. The minimum atomic E-state index is 0.818. The molecule has 30 heavy (non-hydrogen) atoms. The Morgan fingerprint density at radius 1 is 0.967 bits per heavy atom. The highest BCUT2D eigenvalue weighted by molar-refractivity contribution is 5.92. The highest BCUT2D eigenvalue weighted by Crippen LogP contribution is 2.33. The van der Waals surface area contributed by atoms with Crippen molar-refractivity contribution in [3.8, 4) is 0 Å². The molecule has 2 aromatic carbocycles. The first-order valence-electron chi connectivity index (χ1n) is 11.4. The number of para-hydroxylation sites is 1. The second kappa shape index (κ2) is 8.61. The molecule has 3 nitrogen and oxygen atoms in total. The van der Waals surface area contributed by atoms with E-state index in [1.807, 2.05) is 6.07 Å². The van der Waals surface area contributed by atoms with Gasteiger partial charge < -0.3 is 5.73 Å². The van der Waals surface area contributed by atoms with Crippen molar-refractivity contribution in [1.82, 2.24) is 9.88 Å². The molecular weight excluding hydrogens is 366 g/mol. The molecule has 1 fully saturated rings. The van der Waals surface area contributed by atoms with E-state index in [4.69, 9.17) is 10.7 Å². The molecule has 0 unspecified atom stereocenters. The first kappa shape index (κ1) is 19.3. The molecule has 0 bridgehead atoms. The quantitative estimate of drug-likeness (QED) is 0.588. The topological polar surface area (TPSA) is 42.1 Å². The van der Waals surface area contributed by atoms with Gasteiger partial charge in [0.2, 0.25) is 0 Å². The van der Waals surface area contributed by atoms with Gasteiger partial charge in [-0.25, -0.2) is 0 Å². The number of pyridine rings is 1. The standard InChI is InChI=1S/C27H31N3/c28-27-23-8-4-5-9-25(23)29-26-13-12-21(18-24(26)27)11-10-20-14-16-30(17-15-20)19-22-6-2-1-3-7-22/h1-9,11,20H,10,12-19H2,(H2,28,29)/b21-11-. The van der Waals surface area contributed by atoms with Gasteiger partial charge in [0.25, 0.3) is 0 Å². The predicted octanol–water partition coefficient (Wildman–Crippen LogP) is 5.53. The van der Waals surface area contributed by atoms with Gasteiger partial charge in [0.1, 0.15) is 0 Å². The van der Waals surface area contributed by atoms with Crippen LogP contribution in [0.15, 0.2) is 66.2 Å². The Morgan fingerprint density at radius 3 is 2.57 bits per heavy atom. The van der Waals surface area contributed by atoms with Crippen LogP contribution in [0.5, 0.6) is 0 Å². The van der Waals surface area contributed by atoms with Gasteiger partial charge in [-0.2, -0.15) is 0 Å². The molecule has 0 amide bonds. The molecule has 1 aliphatic carbocycles. The van der Waals surface area contributed by atoms with Crippen molar-refractivity contribution in [2.75, 3.05) is 18.8 Å². The fourth-order valence-electron chi connectivity index (χ4n) is 5.06. The monoisotopic (exact) mass is 397 g/mol. The Labute approximate surface area is 179 Å². The lowest BCUT2D eigenvalue weighted by molar-refractivity contribution is 0.178. The van der Waals surface area contributed by atoms with Crippen LogP contribution >= 0.6 is 0 Å². The number of fused-ring (bicyclic) bond motifs is 2. The molecule has 154 valence electrons. The maximum atomic E-state index is 6.55. The SMILES string of the molecule is Nc1c2c(nc3ccccc13)CC/C(=C/CC1CCN(Cc3ccccc3)CC1)C2. The minimum Gasteiger partial charge on any atom is -0.398 e. The lowest BCUT2D eigenvalue weighted by Gasteiger charge is -2.31. The lowest BCUT2D eigenvalue weighted by Crippen LogP contribution is -2.33. The van der Waals surface area contributed by atoms with Crippen LogP contribution < -0.4 is 5.73 Å². The summed E-state index contributed by atoms with van der Waals surface area (Å²) in [5, 5.41) is 1.10. The van der Waals surface area contributed by atoms with E-state index in [0.717, 1.165) is 48.3 Å². The van der Waals surface area contributed by atoms with E-state index in [0.29, 0.717) is 0 Å². The third-order valence-electron chi connectivity index (χ3n) is 6.91. The van der Waals surface area contributed by atoms with Crippen LogP contribution in [-0.4, -0.2) is 23.0 Å². The van der Waals surface area contributed by atoms with Gasteiger partial charge in [0.15, 0.2) is 0 Å². The van der Waals surface area contributed by atoms with Gasteiger partial charge in [-0.05, 0) is 69.2 Å². The largest absolute Gasteiger partial charge is 0.398 e. The summed E-state index contributed by atoms with van der Waals surface area (Å²) in [6.45, 7) is 3.52. The summed E-state index contributed by atoms with van der Waals surface area (Å²) in [6.07, 6.45) is 9.48. The molecule has 1 aliphatic heterocycles. The van der Waals surface area contributed by atoms with Crippen molar-refractivity contribution in [3.05, 3.63) is 83.1 Å². The van der Waals surface area contributed by atoms with Gasteiger partial charge in [0.05, 0.1) is 5.52 Å². The fraction of sp³-hybridized carbons (Fsp3) is 0.370. The van der Waals surface area contributed by atoms with Crippen LogP contribution in [0.3, 0.4) is 0 Å². The van der Waals surface area contributed by atoms with Gasteiger partial charge in [-0.1, -0.05) is 60.2 Å². The highest BCUT2D eigenvalue weighted by Gasteiger charge is 2.21. The summed E-state index contributed by atoms with van der Waals surface area (Å²) in [5.41, 5.74) is 14.0. The number of nitrogens with zero attached hydrogens (tertiary/aromatic N) is 2. The number of aromatic nitrogens is 1. The zero-order valence-corrected chi connectivity index (χ0v) is 17.7. The van der Waals surface area contributed by atoms with Crippen molar-refractivity contribution in [2.24, 2.45) is 5.92 Å². The number of benzene rings is 2. The Bertz CT molecular complexity index is 1050. The summed E-state index contributed by atoms with van der Waals surface area (Å²) in [4.78, 5) is 7.50. The maximum Gasteiger partial charge on any atom is 0.0726 e. The van der Waals surface area contributed by atoms with Crippen molar-refractivity contribution in [3.63, 3.8) is 0 Å². The number of hydrogen-bond acceptors (Lipinski definition) is 3. The average Bonchev–Trinajstić information content (AvgIpc) is 2.80. The number of aryl methyl sites for hydroxylation is 1. The third kappa shape index (κ3) is 4.13. The molecule has 1 saturated heterocycles. The van der Waals surface area contributed by atoms with Crippen molar-refractivity contribution < 1.29 is 0 Å². The van der Waals surface area contributed by atoms with E-state index >= 15 is 0 Å². The maximum absolute atomic E-state index is 6.55. The third-order valence-corrected chi connectivity index (χ3v) is 6.91. The summed E-state index contributed by atoms with van der Waals surface area (Å²) < 4.78 is 0. The Balaban J connectivity index is 1.19. The lowest BCUT2D eigenvalue weighted by atomic mass is 9.86. The first-order valence-corrected chi connectivity index (χ1v) is 11.4. The van der Waals surface area contributed by atoms with E-state index < -0.39 is 0 Å². The number of anilines is 1. The van der Waals surface area contributed by atoms with E-state index in [2.05, 4.69) is 59.5 Å². The molecule has 3 aromatic rings. The van der Waals surface area contributed by atoms with Gasteiger partial charge >= 0.3 is 0 Å². The van der Waals surface area contributed by atoms with Crippen LogP contribution in [0.25, 0.3) is 10.9 Å². The molecule has 0 atom stereocenters. The summed E-state index contributed by atoms with van der Waals surface area (Å²) >= 11 is 0. The molecule has 2 heterocycles. The number of rotatable bonds is 4. The molecule has 0 spiro atoms. The Morgan fingerprint density at radius 2 is 1.73 bits per heavy atom. The fourth-order valence-corrected chi connectivity index (χ4v) is 5.06. The van der Waals surface area contributed by atoms with E-state index in [-0.39, 0.29) is 0 Å². The number of nitrogens with two attached hydrogens (primary N) is 1. The number of nitrogen functional groups attached to an aromatic ring is 1. The number of likely N-dealkylation sites (tertiary alicyclic amines) is 1. The van der Waals surface area contributed by atoms with E-state index in [1.165, 1.54) is 49.2 Å². The second-order valence-electron chi connectivity index (χ2n) is 8.95. The van der Waals surface area contributed by atoms with Crippen molar-refractivity contribution in [2.45, 2.75) is 45.1 Å². The van der Waals surface area contributed by atoms with Gasteiger partial charge in [-0.3, -0.25) is 9.88 Å². The molecule has 2 N–H and O–H groups in total. The smallest absolute Gasteiger partial charge is 0.0726 e. The normalized spacial score (nSPS) is 19.3. The van der Waals surface area contributed by atoms with Crippen molar-refractivity contribution >= 4 is 16.6 Å². The van der Waals surface area contributed by atoms with Crippen LogP contribution in [0, 0.1) is 5.92 Å². The highest BCUT2D eigenvalue weighted by atomic mass is 15.1. The van der Waals surface area contributed by atoms with Gasteiger partial charge in [-0.15, -0.1) is 0 Å². The Kier molecular flexibility index (Phi) is 5.54. The zero-order valence-electron chi connectivity index (χ0n) is 17.7. The molecule has 2 aliphatic rings. The Hall–Kier alpha value is -2.65. The first-order chi connectivity index (χ1) is 14.8. The molecule has 3 heteroatoms. The molecule has 5 rings (SSSR count). The summed E-state index contributed by atoms with van der Waals surface area (Å²) in [7, 11) is 0. The number of hydrogen-bond donors (Lipinski definition) is 1. The van der Waals surface area contributed by atoms with Crippen LogP contribution in [0.2, 0.25) is 0 Å². The van der Waals surface area contributed by atoms with Crippen LogP contribution in [0.1, 0.15) is 42.5 Å². The second-order valence-corrected chi connectivity index (χ2v) is 8.95. The van der Waals surface area contributed by atoms with E-state index in [1.54, 1.807) is 5.57 Å². The van der Waals surface area contributed by atoms with Crippen molar-refractivity contribution in [1.29, 1.82) is 0 Å². The zero-order chi connectivity index (χ0) is 20.3. The summed E-state index contributed by atoms with van der Waals surface area (Å²) in [6, 6.07) is 19.1.